The maximum Gasteiger partial charge on any atom is 0.356 e. The van der Waals surface area contributed by atoms with Gasteiger partial charge in [-0.25, -0.2) is 9.78 Å². The van der Waals surface area contributed by atoms with E-state index in [9.17, 15) is 4.79 Å². The first kappa shape index (κ1) is 16.5. The maximum absolute atomic E-state index is 11.1. The first-order chi connectivity index (χ1) is 10.4. The second kappa shape index (κ2) is 6.91. The molecule has 0 fully saturated rings. The van der Waals surface area contributed by atoms with Crippen molar-refractivity contribution < 1.29 is 9.90 Å². The number of carboxylic acids is 1. The number of pyridine rings is 2. The zero-order valence-corrected chi connectivity index (χ0v) is 13.4. The Labute approximate surface area is 140 Å². The van der Waals surface area contributed by atoms with Gasteiger partial charge in [0.15, 0.2) is 10.8 Å². The van der Waals surface area contributed by atoms with E-state index >= 15 is 0 Å². The monoisotopic (exact) mass is 358 g/mol. The minimum Gasteiger partial charge on any atom is -0.476 e. The van der Waals surface area contributed by atoms with Gasteiger partial charge in [-0.2, -0.15) is 5.10 Å². The number of carbonyl (C=O) groups is 1. The van der Waals surface area contributed by atoms with E-state index in [0.717, 1.165) is 5.56 Å². The van der Waals surface area contributed by atoms with Gasteiger partial charge in [-0.3, -0.25) is 10.4 Å². The van der Waals surface area contributed by atoms with Crippen LogP contribution in [0.4, 0.5) is 5.69 Å². The van der Waals surface area contributed by atoms with Crippen molar-refractivity contribution in [3.8, 4) is 0 Å². The summed E-state index contributed by atoms with van der Waals surface area (Å²) in [6.07, 6.45) is 3.25. The summed E-state index contributed by atoms with van der Waals surface area (Å²) in [4.78, 5) is 18.6. The van der Waals surface area contributed by atoms with Crippen LogP contribution in [0, 0.1) is 0 Å². The number of hydrazone groups is 1. The molecule has 2 aromatic rings. The van der Waals surface area contributed by atoms with Gasteiger partial charge in [0, 0.05) is 18.0 Å². The van der Waals surface area contributed by atoms with Crippen LogP contribution >= 0.6 is 34.8 Å². The van der Waals surface area contributed by atoms with Crippen LogP contribution in [-0.4, -0.2) is 26.8 Å². The molecule has 0 amide bonds. The fourth-order valence-electron chi connectivity index (χ4n) is 1.55. The van der Waals surface area contributed by atoms with E-state index in [1.54, 1.807) is 31.5 Å². The lowest BCUT2D eigenvalue weighted by Gasteiger charge is -2.10. The Balaban J connectivity index is 2.40. The third kappa shape index (κ3) is 3.47. The summed E-state index contributed by atoms with van der Waals surface area (Å²) >= 11 is 17.8. The lowest BCUT2D eigenvalue weighted by Crippen LogP contribution is -2.06. The number of nitrogens with zero attached hydrogens (tertiary/aromatic N) is 3. The molecule has 22 heavy (non-hydrogen) atoms. The Bertz CT molecular complexity index is 751. The van der Waals surface area contributed by atoms with Gasteiger partial charge in [0.05, 0.1) is 11.4 Å². The van der Waals surface area contributed by atoms with Crippen LogP contribution in [0.1, 0.15) is 23.0 Å². The quantitative estimate of drug-likeness (QED) is 0.490. The highest BCUT2D eigenvalue weighted by Crippen LogP contribution is 2.36. The highest BCUT2D eigenvalue weighted by Gasteiger charge is 2.20. The number of rotatable bonds is 4. The van der Waals surface area contributed by atoms with Gasteiger partial charge >= 0.3 is 5.97 Å². The largest absolute Gasteiger partial charge is 0.476 e. The molecular formula is C13H9Cl3N4O2. The molecule has 0 saturated heterocycles. The summed E-state index contributed by atoms with van der Waals surface area (Å²) in [6.45, 7) is 1.76. The SMILES string of the molecule is C/C(=N\Nc1c(Cl)c(Cl)nc(C(=O)O)c1Cl)c1ccncc1. The molecule has 114 valence electrons. The Morgan fingerprint density at radius 2 is 1.86 bits per heavy atom. The Morgan fingerprint density at radius 3 is 2.45 bits per heavy atom. The number of hydrogen-bond donors (Lipinski definition) is 2. The van der Waals surface area contributed by atoms with Crippen molar-refractivity contribution in [3.63, 3.8) is 0 Å². The molecule has 0 aliphatic carbocycles. The average Bonchev–Trinajstić information content (AvgIpc) is 2.51. The maximum atomic E-state index is 11.1. The van der Waals surface area contributed by atoms with Crippen molar-refractivity contribution >= 4 is 52.2 Å². The lowest BCUT2D eigenvalue weighted by molar-refractivity contribution is 0.0691. The predicted octanol–water partition coefficient (Wildman–Crippen LogP) is 3.97. The first-order valence-electron chi connectivity index (χ1n) is 5.90. The Kier molecular flexibility index (Phi) is 5.18. The molecule has 2 heterocycles. The third-order valence-corrected chi connectivity index (χ3v) is 3.78. The van der Waals surface area contributed by atoms with Gasteiger partial charge in [0.25, 0.3) is 0 Å². The van der Waals surface area contributed by atoms with Crippen LogP contribution in [0.15, 0.2) is 29.6 Å². The fourth-order valence-corrected chi connectivity index (χ4v) is 2.22. The van der Waals surface area contributed by atoms with Crippen molar-refractivity contribution in [1.82, 2.24) is 9.97 Å². The van der Waals surface area contributed by atoms with Crippen LogP contribution in [-0.2, 0) is 0 Å². The molecule has 0 spiro atoms. The van der Waals surface area contributed by atoms with Crippen molar-refractivity contribution in [2.75, 3.05) is 5.43 Å². The van der Waals surface area contributed by atoms with Crippen molar-refractivity contribution in [2.45, 2.75) is 6.92 Å². The molecule has 0 radical (unpaired) electrons. The zero-order valence-electron chi connectivity index (χ0n) is 11.1. The van der Waals surface area contributed by atoms with E-state index in [-0.39, 0.29) is 20.9 Å². The number of carboxylic acid groups (broad SMARTS) is 1. The first-order valence-corrected chi connectivity index (χ1v) is 7.03. The van der Waals surface area contributed by atoms with Gasteiger partial charge < -0.3 is 5.11 Å². The number of aromatic nitrogens is 2. The number of aromatic carboxylic acids is 1. The highest BCUT2D eigenvalue weighted by atomic mass is 35.5. The number of nitrogens with one attached hydrogen (secondary N) is 1. The van der Waals surface area contributed by atoms with Crippen molar-refractivity contribution in [1.29, 1.82) is 0 Å². The van der Waals surface area contributed by atoms with Gasteiger partial charge in [-0.05, 0) is 19.1 Å². The minimum atomic E-state index is -1.32. The molecule has 0 aliphatic heterocycles. The molecule has 2 rings (SSSR count). The molecule has 0 unspecified atom stereocenters. The van der Waals surface area contributed by atoms with Crippen molar-refractivity contribution in [2.24, 2.45) is 5.10 Å². The topological polar surface area (TPSA) is 87.5 Å². The van der Waals surface area contributed by atoms with E-state index < -0.39 is 11.7 Å². The summed E-state index contributed by atoms with van der Waals surface area (Å²) in [5, 5.41) is 12.8. The lowest BCUT2D eigenvalue weighted by atomic mass is 10.2. The summed E-state index contributed by atoms with van der Waals surface area (Å²) in [5.74, 6) is -1.32. The van der Waals surface area contributed by atoms with Crippen LogP contribution in [0.25, 0.3) is 0 Å². The number of halogens is 3. The number of anilines is 1. The van der Waals surface area contributed by atoms with Gasteiger partial charge in [-0.15, -0.1) is 0 Å². The molecule has 2 N–H and O–H groups in total. The van der Waals surface area contributed by atoms with E-state index in [1.165, 1.54) is 0 Å². The van der Waals surface area contributed by atoms with E-state index in [2.05, 4.69) is 20.5 Å². The van der Waals surface area contributed by atoms with Crippen LogP contribution in [0.2, 0.25) is 15.2 Å². The highest BCUT2D eigenvalue weighted by molar-refractivity contribution is 6.46. The standard InChI is InChI=1S/C13H9Cl3N4O2/c1-6(7-2-4-17-5-3-7)19-20-10-8(14)11(13(21)22)18-12(16)9(10)15/h2-5H,1H3,(H,18,20)(H,21,22)/b19-6+. The molecular weight excluding hydrogens is 351 g/mol. The molecule has 0 saturated carbocycles. The summed E-state index contributed by atoms with van der Waals surface area (Å²) in [5.41, 5.74) is 3.75. The summed E-state index contributed by atoms with van der Waals surface area (Å²) in [6, 6.07) is 3.54. The molecule has 9 heteroatoms. The summed E-state index contributed by atoms with van der Waals surface area (Å²) in [7, 11) is 0. The fraction of sp³-hybridized carbons (Fsp3) is 0.0769. The minimum absolute atomic E-state index is 0.0112. The second-order valence-corrected chi connectivity index (χ2v) is 5.22. The van der Waals surface area contributed by atoms with Gasteiger partial charge in [0.2, 0.25) is 0 Å². The number of hydrogen-bond acceptors (Lipinski definition) is 5. The Morgan fingerprint density at radius 1 is 1.23 bits per heavy atom. The van der Waals surface area contributed by atoms with Crippen LogP contribution < -0.4 is 5.43 Å². The smallest absolute Gasteiger partial charge is 0.356 e. The molecule has 2 aromatic heterocycles. The summed E-state index contributed by atoms with van der Waals surface area (Å²) < 4.78 is 0. The van der Waals surface area contributed by atoms with E-state index in [0.29, 0.717) is 5.71 Å². The van der Waals surface area contributed by atoms with Crippen molar-refractivity contribution in [3.05, 3.63) is 51.0 Å². The van der Waals surface area contributed by atoms with Crippen LogP contribution in [0.3, 0.4) is 0 Å². The second-order valence-electron chi connectivity index (χ2n) is 4.10. The zero-order chi connectivity index (χ0) is 16.3. The molecule has 0 aromatic carbocycles. The van der Waals surface area contributed by atoms with Gasteiger partial charge in [0.1, 0.15) is 10.0 Å². The van der Waals surface area contributed by atoms with E-state index in [1.807, 2.05) is 0 Å². The van der Waals surface area contributed by atoms with Gasteiger partial charge in [-0.1, -0.05) is 34.8 Å². The van der Waals surface area contributed by atoms with E-state index in [4.69, 9.17) is 39.9 Å². The molecule has 6 nitrogen and oxygen atoms in total. The molecule has 0 atom stereocenters. The average molecular weight is 360 g/mol. The van der Waals surface area contributed by atoms with Crippen LogP contribution in [0.5, 0.6) is 0 Å². The molecule has 0 bridgehead atoms. The molecule has 0 aliphatic rings. The predicted molar refractivity (Wildman–Crippen MR) is 86.3 cm³/mol. The Hall–Kier alpha value is -1.89. The third-order valence-electron chi connectivity index (χ3n) is 2.67. The normalized spacial score (nSPS) is 11.4.